The fourth-order valence-corrected chi connectivity index (χ4v) is 2.79. The maximum absolute atomic E-state index is 6.09. The Hall–Kier alpha value is 0.335. The van der Waals surface area contributed by atoms with Crippen molar-refractivity contribution >= 4 is 20.5 Å². The SMILES string of the molecule is B[C@@]1(C(C)C)OCCNCC1(S)C(C)C. The van der Waals surface area contributed by atoms with E-state index < -0.39 is 0 Å². The Labute approximate surface area is 100 Å². The van der Waals surface area contributed by atoms with Gasteiger partial charge in [-0.1, -0.05) is 27.7 Å². The van der Waals surface area contributed by atoms with E-state index >= 15 is 0 Å². The first-order valence-electron chi connectivity index (χ1n) is 5.91. The zero-order chi connectivity index (χ0) is 11.7. The van der Waals surface area contributed by atoms with Gasteiger partial charge in [0.05, 0.1) is 12.1 Å². The second kappa shape index (κ2) is 4.68. The Morgan fingerprint density at radius 3 is 2.33 bits per heavy atom. The molecule has 0 saturated carbocycles. The Kier molecular flexibility index (Phi) is 4.18. The van der Waals surface area contributed by atoms with Gasteiger partial charge in [0.15, 0.2) is 0 Å². The molecule has 0 spiro atoms. The van der Waals surface area contributed by atoms with Gasteiger partial charge >= 0.3 is 0 Å². The summed E-state index contributed by atoms with van der Waals surface area (Å²) >= 11 is 4.95. The van der Waals surface area contributed by atoms with Crippen LogP contribution in [0.1, 0.15) is 27.7 Å². The summed E-state index contributed by atoms with van der Waals surface area (Å²) in [6.07, 6.45) is 0. The van der Waals surface area contributed by atoms with E-state index in [0.717, 1.165) is 19.7 Å². The minimum absolute atomic E-state index is 0.0995. The molecule has 1 aliphatic heterocycles. The summed E-state index contributed by atoms with van der Waals surface area (Å²) in [5, 5.41) is 3.43. The lowest BCUT2D eigenvalue weighted by atomic mass is 9.60. The minimum atomic E-state index is -0.159. The fourth-order valence-electron chi connectivity index (χ4n) is 2.36. The molecule has 0 bridgehead atoms. The largest absolute Gasteiger partial charge is 0.381 e. The first-order valence-corrected chi connectivity index (χ1v) is 6.36. The van der Waals surface area contributed by atoms with E-state index in [1.54, 1.807) is 0 Å². The van der Waals surface area contributed by atoms with Crippen molar-refractivity contribution in [3.63, 3.8) is 0 Å². The van der Waals surface area contributed by atoms with Crippen LogP contribution in [-0.2, 0) is 4.74 Å². The van der Waals surface area contributed by atoms with Gasteiger partial charge < -0.3 is 10.1 Å². The normalized spacial score (nSPS) is 38.3. The van der Waals surface area contributed by atoms with Crippen LogP contribution in [0.2, 0.25) is 0 Å². The molecule has 1 heterocycles. The fraction of sp³-hybridized carbons (Fsp3) is 1.00. The molecule has 0 radical (unpaired) electrons. The summed E-state index contributed by atoms with van der Waals surface area (Å²) in [6, 6.07) is 0. The Morgan fingerprint density at radius 2 is 1.87 bits per heavy atom. The van der Waals surface area contributed by atoms with Crippen molar-refractivity contribution in [3.8, 4) is 0 Å². The van der Waals surface area contributed by atoms with Crippen LogP contribution in [0, 0.1) is 11.8 Å². The van der Waals surface area contributed by atoms with Gasteiger partial charge in [-0.15, -0.1) is 0 Å². The standard InChI is InChI=1S/C11H24BNOS/c1-8(2)10(15)7-13-5-6-14-11(10,12)9(3)4/h8-9,13,15H,5-7,12H2,1-4H3/t10?,11-/m0/s1. The lowest BCUT2D eigenvalue weighted by molar-refractivity contribution is -0.0359. The molecule has 0 aliphatic carbocycles. The number of rotatable bonds is 2. The van der Waals surface area contributed by atoms with Gasteiger partial charge in [-0.2, -0.15) is 12.6 Å². The Balaban J connectivity index is 3.05. The van der Waals surface area contributed by atoms with Crippen molar-refractivity contribution in [2.24, 2.45) is 11.8 Å². The third-order valence-electron chi connectivity index (χ3n) is 3.99. The molecule has 0 aromatic rings. The highest BCUT2D eigenvalue weighted by molar-refractivity contribution is 7.82. The van der Waals surface area contributed by atoms with Crippen LogP contribution >= 0.6 is 12.6 Å². The van der Waals surface area contributed by atoms with Gasteiger partial charge in [-0.05, 0) is 11.8 Å². The van der Waals surface area contributed by atoms with Gasteiger partial charge in [-0.25, -0.2) is 0 Å². The highest BCUT2D eigenvalue weighted by Gasteiger charge is 2.50. The van der Waals surface area contributed by atoms with Gasteiger partial charge in [-0.3, -0.25) is 0 Å². The van der Waals surface area contributed by atoms with E-state index in [1.165, 1.54) is 0 Å². The molecule has 1 N–H and O–H groups in total. The number of hydrogen-bond donors (Lipinski definition) is 2. The van der Waals surface area contributed by atoms with Crippen molar-refractivity contribution in [2.45, 2.75) is 37.9 Å². The molecule has 2 nitrogen and oxygen atoms in total. The second-order valence-electron chi connectivity index (χ2n) is 5.37. The molecule has 0 amide bonds. The predicted octanol–water partition coefficient (Wildman–Crippen LogP) is 0.916. The van der Waals surface area contributed by atoms with E-state index in [4.69, 9.17) is 17.4 Å². The van der Waals surface area contributed by atoms with Crippen LogP contribution in [-0.4, -0.2) is 37.8 Å². The summed E-state index contributed by atoms with van der Waals surface area (Å²) in [5.74, 6) is 0.955. The molecule has 1 unspecified atom stereocenters. The number of hydrogen-bond acceptors (Lipinski definition) is 3. The molecule has 2 atom stereocenters. The molecule has 0 aromatic carbocycles. The first kappa shape index (κ1) is 13.4. The molecule has 1 saturated heterocycles. The summed E-state index contributed by atoms with van der Waals surface area (Å²) in [6.45, 7) is 11.5. The highest BCUT2D eigenvalue weighted by Crippen LogP contribution is 2.41. The lowest BCUT2D eigenvalue weighted by Gasteiger charge is -2.49. The van der Waals surface area contributed by atoms with Crippen molar-refractivity contribution < 1.29 is 4.74 Å². The van der Waals surface area contributed by atoms with E-state index in [-0.39, 0.29) is 10.2 Å². The molecule has 1 aliphatic rings. The molecular formula is C11H24BNOS. The van der Waals surface area contributed by atoms with Crippen LogP contribution in [0.15, 0.2) is 0 Å². The van der Waals surface area contributed by atoms with Gasteiger partial charge in [0.2, 0.25) is 0 Å². The molecule has 0 aromatic heterocycles. The Morgan fingerprint density at radius 1 is 1.27 bits per heavy atom. The monoisotopic (exact) mass is 229 g/mol. The van der Waals surface area contributed by atoms with Gasteiger partial charge in [0, 0.05) is 17.8 Å². The molecule has 88 valence electrons. The van der Waals surface area contributed by atoms with Crippen molar-refractivity contribution in [3.05, 3.63) is 0 Å². The summed E-state index contributed by atoms with van der Waals surface area (Å²) in [5.41, 5.74) is -0.159. The first-order chi connectivity index (χ1) is 6.84. The predicted molar refractivity (Wildman–Crippen MR) is 71.5 cm³/mol. The highest BCUT2D eigenvalue weighted by atomic mass is 32.1. The minimum Gasteiger partial charge on any atom is -0.381 e. The van der Waals surface area contributed by atoms with E-state index in [0.29, 0.717) is 11.8 Å². The molecular weight excluding hydrogens is 205 g/mol. The summed E-state index contributed by atoms with van der Waals surface area (Å²) in [7, 11) is 2.21. The van der Waals surface area contributed by atoms with E-state index in [1.807, 2.05) is 0 Å². The third-order valence-corrected chi connectivity index (χ3v) is 5.11. The van der Waals surface area contributed by atoms with Gasteiger partial charge in [0.1, 0.15) is 7.85 Å². The number of ether oxygens (including phenoxy) is 1. The van der Waals surface area contributed by atoms with Crippen molar-refractivity contribution in [1.82, 2.24) is 5.32 Å². The average Bonchev–Trinajstić information content (AvgIpc) is 2.29. The smallest absolute Gasteiger partial charge is 0.145 e. The quantitative estimate of drug-likeness (QED) is 0.542. The number of nitrogens with one attached hydrogen (secondary N) is 1. The van der Waals surface area contributed by atoms with Crippen molar-refractivity contribution in [1.29, 1.82) is 0 Å². The van der Waals surface area contributed by atoms with Crippen LogP contribution in [0.4, 0.5) is 0 Å². The van der Waals surface area contributed by atoms with Crippen LogP contribution in [0.3, 0.4) is 0 Å². The molecule has 1 rings (SSSR count). The van der Waals surface area contributed by atoms with Gasteiger partial charge in [0.25, 0.3) is 0 Å². The molecule has 1 fully saturated rings. The second-order valence-corrected chi connectivity index (χ2v) is 6.16. The van der Waals surface area contributed by atoms with E-state index in [2.05, 4.69) is 40.9 Å². The summed E-state index contributed by atoms with van der Waals surface area (Å²) < 4.78 is 5.99. The van der Waals surface area contributed by atoms with Crippen LogP contribution in [0.5, 0.6) is 0 Å². The zero-order valence-electron chi connectivity index (χ0n) is 10.6. The third kappa shape index (κ3) is 2.22. The average molecular weight is 229 g/mol. The molecule has 4 heteroatoms. The van der Waals surface area contributed by atoms with Crippen molar-refractivity contribution in [2.75, 3.05) is 19.7 Å². The topological polar surface area (TPSA) is 21.3 Å². The maximum Gasteiger partial charge on any atom is 0.145 e. The van der Waals surface area contributed by atoms with E-state index in [9.17, 15) is 0 Å². The lowest BCUT2D eigenvalue weighted by Crippen LogP contribution is -2.61. The van der Waals surface area contributed by atoms with Crippen LogP contribution < -0.4 is 5.32 Å². The number of thiol groups is 1. The Bertz CT molecular complexity index is 203. The molecule has 15 heavy (non-hydrogen) atoms. The zero-order valence-corrected chi connectivity index (χ0v) is 11.5. The maximum atomic E-state index is 6.09. The van der Waals surface area contributed by atoms with Crippen LogP contribution in [0.25, 0.3) is 0 Å². The summed E-state index contributed by atoms with van der Waals surface area (Å²) in [4.78, 5) is 0.